The molecule has 126 valence electrons. The van der Waals surface area contributed by atoms with Gasteiger partial charge < -0.3 is 5.32 Å². The topological polar surface area (TPSA) is 98.3 Å². The number of alkyl halides is 3. The van der Waals surface area contributed by atoms with E-state index in [1.54, 1.807) is 0 Å². The lowest BCUT2D eigenvalue weighted by atomic mass is 10.1. The Balaban J connectivity index is 2.46. The molecule has 0 amide bonds. The summed E-state index contributed by atoms with van der Waals surface area (Å²) in [7, 11) is 0. The number of halogens is 3. The van der Waals surface area contributed by atoms with Crippen molar-refractivity contribution in [2.24, 2.45) is 5.92 Å². The van der Waals surface area contributed by atoms with Gasteiger partial charge in [-0.1, -0.05) is 12.8 Å². The molecule has 0 heterocycles. The zero-order valence-corrected chi connectivity index (χ0v) is 11.9. The quantitative estimate of drug-likeness (QED) is 0.645. The highest BCUT2D eigenvalue weighted by Crippen LogP contribution is 2.42. The van der Waals surface area contributed by atoms with Gasteiger partial charge in [0.25, 0.3) is 11.4 Å². The monoisotopic (exact) mass is 333 g/mol. The Labute approximate surface area is 128 Å². The van der Waals surface area contributed by atoms with E-state index in [9.17, 15) is 33.4 Å². The third-order valence-corrected chi connectivity index (χ3v) is 3.86. The first-order valence-electron chi connectivity index (χ1n) is 6.98. The Morgan fingerprint density at radius 2 is 1.74 bits per heavy atom. The number of hydrogen-bond acceptors (Lipinski definition) is 5. The number of nitrogens with zero attached hydrogens (tertiary/aromatic N) is 2. The first kappa shape index (κ1) is 17.0. The number of nitro groups is 2. The Morgan fingerprint density at radius 1 is 1.13 bits per heavy atom. The maximum atomic E-state index is 13.2. The average Bonchev–Trinajstić information content (AvgIpc) is 2.96. The zero-order valence-electron chi connectivity index (χ0n) is 11.9. The molecule has 10 heteroatoms. The van der Waals surface area contributed by atoms with Gasteiger partial charge in [-0.25, -0.2) is 0 Å². The van der Waals surface area contributed by atoms with E-state index >= 15 is 0 Å². The molecule has 2 rings (SSSR count). The summed E-state index contributed by atoms with van der Waals surface area (Å²) in [6.45, 7) is 0.168. The second-order valence-corrected chi connectivity index (χ2v) is 5.43. The fourth-order valence-electron chi connectivity index (χ4n) is 2.73. The van der Waals surface area contributed by atoms with Crippen molar-refractivity contribution in [1.82, 2.24) is 0 Å². The molecule has 0 aliphatic heterocycles. The van der Waals surface area contributed by atoms with Crippen molar-refractivity contribution < 1.29 is 23.0 Å². The second kappa shape index (κ2) is 6.39. The van der Waals surface area contributed by atoms with Crippen LogP contribution in [0.3, 0.4) is 0 Å². The first-order chi connectivity index (χ1) is 10.7. The fraction of sp³-hybridized carbons (Fsp3) is 0.538. The molecular formula is C13H14F3N3O4. The van der Waals surface area contributed by atoms with Crippen LogP contribution in [0.1, 0.15) is 31.2 Å². The lowest BCUT2D eigenvalue weighted by Gasteiger charge is -2.17. The van der Waals surface area contributed by atoms with Crippen LogP contribution in [0.4, 0.5) is 30.2 Å². The minimum Gasteiger partial charge on any atom is -0.379 e. The molecule has 0 unspecified atom stereocenters. The van der Waals surface area contributed by atoms with Gasteiger partial charge in [0.05, 0.1) is 21.5 Å². The van der Waals surface area contributed by atoms with Gasteiger partial charge in [0.15, 0.2) is 0 Å². The number of non-ortho nitro benzene ring substituents is 1. The summed E-state index contributed by atoms with van der Waals surface area (Å²) in [4.78, 5) is 19.7. The molecule has 0 aromatic heterocycles. The van der Waals surface area contributed by atoms with Crippen LogP contribution in [0, 0.1) is 26.1 Å². The van der Waals surface area contributed by atoms with Crippen LogP contribution in [0.25, 0.3) is 0 Å². The van der Waals surface area contributed by atoms with Crippen LogP contribution < -0.4 is 5.32 Å². The SMILES string of the molecule is O=[N+]([O-])c1cc([N+](=O)[O-])c(NCC2CCCC2)c(C(F)(F)F)c1. The molecule has 1 aliphatic rings. The minimum atomic E-state index is -4.94. The highest BCUT2D eigenvalue weighted by Gasteiger charge is 2.39. The Hall–Kier alpha value is -2.39. The summed E-state index contributed by atoms with van der Waals surface area (Å²) in [5.41, 5.74) is -4.00. The molecule has 23 heavy (non-hydrogen) atoms. The van der Waals surface area contributed by atoms with Gasteiger partial charge in [0.2, 0.25) is 0 Å². The molecule has 1 saturated carbocycles. The smallest absolute Gasteiger partial charge is 0.379 e. The predicted molar refractivity (Wildman–Crippen MR) is 75.2 cm³/mol. The van der Waals surface area contributed by atoms with Crippen LogP contribution in [-0.4, -0.2) is 16.4 Å². The minimum absolute atomic E-state index is 0.144. The van der Waals surface area contributed by atoms with E-state index in [4.69, 9.17) is 0 Å². The van der Waals surface area contributed by atoms with Gasteiger partial charge in [-0.15, -0.1) is 0 Å². The van der Waals surface area contributed by atoms with Gasteiger partial charge in [-0.3, -0.25) is 20.2 Å². The fourth-order valence-corrected chi connectivity index (χ4v) is 2.73. The molecule has 1 aromatic rings. The van der Waals surface area contributed by atoms with E-state index in [1.807, 2.05) is 0 Å². The molecular weight excluding hydrogens is 319 g/mol. The summed E-state index contributed by atoms with van der Waals surface area (Å²) in [5, 5.41) is 24.3. The molecule has 0 bridgehead atoms. The average molecular weight is 333 g/mol. The summed E-state index contributed by atoms with van der Waals surface area (Å²) in [6, 6.07) is 0.871. The number of hydrogen-bond donors (Lipinski definition) is 1. The lowest BCUT2D eigenvalue weighted by Crippen LogP contribution is -2.17. The Bertz CT molecular complexity index is 628. The number of benzene rings is 1. The van der Waals surface area contributed by atoms with Crippen molar-refractivity contribution in [1.29, 1.82) is 0 Å². The van der Waals surface area contributed by atoms with Gasteiger partial charge in [-0.05, 0) is 18.8 Å². The summed E-state index contributed by atoms with van der Waals surface area (Å²) >= 11 is 0. The molecule has 1 N–H and O–H groups in total. The standard InChI is InChI=1S/C13H14F3N3O4/c14-13(15,16)10-5-9(18(20)21)6-11(19(22)23)12(10)17-7-8-3-1-2-4-8/h5-6,8,17H,1-4,7H2. The van der Waals surface area contributed by atoms with E-state index < -0.39 is 38.6 Å². The highest BCUT2D eigenvalue weighted by atomic mass is 19.4. The van der Waals surface area contributed by atoms with E-state index in [-0.39, 0.29) is 12.5 Å². The second-order valence-electron chi connectivity index (χ2n) is 5.43. The Morgan fingerprint density at radius 3 is 2.22 bits per heavy atom. The number of rotatable bonds is 5. The van der Waals surface area contributed by atoms with Gasteiger partial charge in [0, 0.05) is 12.6 Å². The third-order valence-electron chi connectivity index (χ3n) is 3.86. The maximum absolute atomic E-state index is 13.2. The molecule has 1 aromatic carbocycles. The summed E-state index contributed by atoms with van der Waals surface area (Å²) < 4.78 is 39.5. The lowest BCUT2D eigenvalue weighted by molar-refractivity contribution is -0.394. The third kappa shape index (κ3) is 3.88. The molecule has 1 aliphatic carbocycles. The largest absolute Gasteiger partial charge is 0.418 e. The van der Waals surface area contributed by atoms with E-state index in [2.05, 4.69) is 5.32 Å². The molecule has 0 radical (unpaired) electrons. The zero-order chi connectivity index (χ0) is 17.2. The number of nitro benzene ring substituents is 2. The van der Waals surface area contributed by atoms with Crippen LogP contribution >= 0.6 is 0 Å². The maximum Gasteiger partial charge on any atom is 0.418 e. The van der Waals surface area contributed by atoms with Gasteiger partial charge >= 0.3 is 6.18 Å². The van der Waals surface area contributed by atoms with E-state index in [0.717, 1.165) is 25.7 Å². The number of anilines is 1. The molecule has 7 nitrogen and oxygen atoms in total. The van der Waals surface area contributed by atoms with Crippen LogP contribution in [-0.2, 0) is 6.18 Å². The van der Waals surface area contributed by atoms with Crippen molar-refractivity contribution in [3.63, 3.8) is 0 Å². The van der Waals surface area contributed by atoms with Crippen molar-refractivity contribution in [2.75, 3.05) is 11.9 Å². The number of nitrogens with one attached hydrogen (secondary N) is 1. The van der Waals surface area contributed by atoms with Crippen LogP contribution in [0.2, 0.25) is 0 Å². The van der Waals surface area contributed by atoms with Gasteiger partial charge in [-0.2, -0.15) is 13.2 Å². The van der Waals surface area contributed by atoms with Gasteiger partial charge in [0.1, 0.15) is 5.69 Å². The molecule has 0 saturated heterocycles. The highest BCUT2D eigenvalue weighted by molar-refractivity contribution is 5.71. The molecule has 0 spiro atoms. The van der Waals surface area contributed by atoms with Crippen molar-refractivity contribution in [2.45, 2.75) is 31.9 Å². The van der Waals surface area contributed by atoms with Crippen molar-refractivity contribution in [3.8, 4) is 0 Å². The van der Waals surface area contributed by atoms with Crippen molar-refractivity contribution >= 4 is 17.1 Å². The predicted octanol–water partition coefficient (Wildman–Crippen LogP) is 4.12. The Kier molecular flexibility index (Phi) is 4.71. The summed E-state index contributed by atoms with van der Waals surface area (Å²) in [6.07, 6.45) is -1.30. The molecule has 1 fully saturated rings. The van der Waals surface area contributed by atoms with E-state index in [0.29, 0.717) is 12.1 Å². The summed E-state index contributed by atoms with van der Waals surface area (Å²) in [5.74, 6) is 0.144. The van der Waals surface area contributed by atoms with E-state index in [1.165, 1.54) is 0 Å². The first-order valence-corrected chi connectivity index (χ1v) is 6.98. The van der Waals surface area contributed by atoms with Crippen LogP contribution in [0.5, 0.6) is 0 Å². The van der Waals surface area contributed by atoms with Crippen LogP contribution in [0.15, 0.2) is 12.1 Å². The molecule has 0 atom stereocenters. The van der Waals surface area contributed by atoms with Crippen molar-refractivity contribution in [3.05, 3.63) is 37.9 Å². The normalized spacial score (nSPS) is 15.6.